The zero-order valence-corrected chi connectivity index (χ0v) is 16.8. The maximum absolute atomic E-state index is 5.39. The Bertz CT molecular complexity index is 556. The van der Waals surface area contributed by atoms with E-state index in [0.717, 1.165) is 37.4 Å². The number of aliphatic imine (C=N–C) groups is 1. The van der Waals surface area contributed by atoms with Gasteiger partial charge in [-0.25, -0.2) is 0 Å². The number of hydrogen-bond acceptors (Lipinski definition) is 5. The average molecular weight is 361 g/mol. The van der Waals surface area contributed by atoms with Gasteiger partial charge in [0, 0.05) is 32.2 Å². The summed E-state index contributed by atoms with van der Waals surface area (Å²) in [6.07, 6.45) is 10.3. The van der Waals surface area contributed by atoms with Crippen LogP contribution in [0, 0.1) is 17.8 Å². The molecule has 5 nitrogen and oxygen atoms in total. The summed E-state index contributed by atoms with van der Waals surface area (Å²) in [7, 11) is 1.71. The highest BCUT2D eigenvalue weighted by Crippen LogP contribution is 2.36. The third kappa shape index (κ3) is 3.88. The van der Waals surface area contributed by atoms with E-state index < -0.39 is 0 Å². The molecule has 2 heterocycles. The minimum atomic E-state index is 0.381. The molecule has 26 heavy (non-hydrogen) atoms. The van der Waals surface area contributed by atoms with Gasteiger partial charge in [-0.05, 0) is 43.9 Å². The summed E-state index contributed by atoms with van der Waals surface area (Å²) >= 11 is 0. The number of piperazine rings is 1. The maximum Gasteiger partial charge on any atom is 0.231 e. The van der Waals surface area contributed by atoms with Gasteiger partial charge < -0.3 is 15.0 Å². The van der Waals surface area contributed by atoms with Gasteiger partial charge in [-0.1, -0.05) is 26.2 Å². The maximum atomic E-state index is 5.39. The number of nitrogens with one attached hydrogen (secondary N) is 1. The van der Waals surface area contributed by atoms with Gasteiger partial charge in [0.05, 0.1) is 19.4 Å². The molecule has 3 fully saturated rings. The minimum absolute atomic E-state index is 0.381. The first-order valence-corrected chi connectivity index (χ1v) is 10.7. The van der Waals surface area contributed by atoms with E-state index in [1.165, 1.54) is 50.9 Å². The fourth-order valence-corrected chi connectivity index (χ4v) is 5.04. The molecule has 4 aliphatic rings. The zero-order chi connectivity index (χ0) is 18.1. The molecule has 0 aromatic heterocycles. The molecule has 5 heteroatoms. The smallest absolute Gasteiger partial charge is 0.231 e. The van der Waals surface area contributed by atoms with Crippen molar-refractivity contribution in [1.82, 2.24) is 15.1 Å². The third-order valence-electron chi connectivity index (χ3n) is 7.04. The molecule has 1 N–H and O–H groups in total. The first kappa shape index (κ1) is 18.1. The summed E-state index contributed by atoms with van der Waals surface area (Å²) < 4.78 is 5.39. The molecule has 0 radical (unpaired) electrons. The highest BCUT2D eigenvalue weighted by atomic mass is 16.5. The van der Waals surface area contributed by atoms with Crippen LogP contribution in [-0.2, 0) is 4.74 Å². The molecule has 2 unspecified atom stereocenters. The number of methoxy groups -OCH3 is 1. The second kappa shape index (κ2) is 7.79. The summed E-state index contributed by atoms with van der Waals surface area (Å²) in [5.74, 6) is 4.47. The van der Waals surface area contributed by atoms with Crippen molar-refractivity contribution in [2.45, 2.75) is 64.5 Å². The molecule has 0 spiro atoms. The second-order valence-electron chi connectivity index (χ2n) is 8.95. The van der Waals surface area contributed by atoms with Gasteiger partial charge in [0.1, 0.15) is 5.84 Å². The third-order valence-corrected chi connectivity index (χ3v) is 7.04. The molecular weight excluding hydrogens is 324 g/mol. The fourth-order valence-electron chi connectivity index (χ4n) is 5.04. The first-order valence-electron chi connectivity index (χ1n) is 10.7. The van der Waals surface area contributed by atoms with E-state index in [2.05, 4.69) is 29.0 Å². The molecule has 1 saturated heterocycles. The Morgan fingerprint density at radius 1 is 1.15 bits per heavy atom. The minimum Gasteiger partial charge on any atom is -0.480 e. The average Bonchev–Trinajstić information content (AvgIpc) is 3.49. The number of amidine groups is 1. The lowest BCUT2D eigenvalue weighted by Crippen LogP contribution is -2.58. The standard InChI is InChI=1S/C21H36N4O/c1-15-6-4-5-7-18(15)14-24-10-11-25(13-16(24)2)21-20(17-8-9-17)22-12-19(23-21)26-3/h12,15-18,20,22H,4-11,13-14H2,1-3H3/t15-,16?,18+,20?/m1/s1. The Labute approximate surface area is 158 Å². The van der Waals surface area contributed by atoms with E-state index in [0.29, 0.717) is 18.0 Å². The van der Waals surface area contributed by atoms with Crippen molar-refractivity contribution in [3.05, 3.63) is 12.1 Å². The van der Waals surface area contributed by atoms with Crippen molar-refractivity contribution in [3.63, 3.8) is 0 Å². The molecule has 146 valence electrons. The van der Waals surface area contributed by atoms with Crippen molar-refractivity contribution in [2.24, 2.45) is 22.7 Å². The van der Waals surface area contributed by atoms with Gasteiger partial charge in [-0.3, -0.25) is 4.90 Å². The van der Waals surface area contributed by atoms with Crippen molar-refractivity contribution in [3.8, 4) is 0 Å². The summed E-state index contributed by atoms with van der Waals surface area (Å²) in [5, 5.41) is 3.55. The summed E-state index contributed by atoms with van der Waals surface area (Å²) in [6, 6.07) is 0.975. The van der Waals surface area contributed by atoms with Crippen molar-refractivity contribution < 1.29 is 4.74 Å². The Morgan fingerprint density at radius 3 is 2.65 bits per heavy atom. The summed E-state index contributed by atoms with van der Waals surface area (Å²) in [6.45, 7) is 9.48. The van der Waals surface area contributed by atoms with Gasteiger partial charge in [0.15, 0.2) is 0 Å². The molecular formula is C21H36N4O. The first-order chi connectivity index (χ1) is 12.7. The van der Waals surface area contributed by atoms with Crippen LogP contribution >= 0.6 is 0 Å². The van der Waals surface area contributed by atoms with Crippen LogP contribution in [0.15, 0.2) is 17.1 Å². The Morgan fingerprint density at radius 2 is 1.96 bits per heavy atom. The van der Waals surface area contributed by atoms with E-state index >= 15 is 0 Å². The van der Waals surface area contributed by atoms with Gasteiger partial charge >= 0.3 is 0 Å². The Kier molecular flexibility index (Phi) is 5.44. The lowest BCUT2D eigenvalue weighted by atomic mass is 9.80. The van der Waals surface area contributed by atoms with E-state index in [9.17, 15) is 0 Å². The quantitative estimate of drug-likeness (QED) is 0.836. The normalized spacial score (nSPS) is 36.2. The number of rotatable bonds is 4. The van der Waals surface area contributed by atoms with Crippen molar-refractivity contribution in [1.29, 1.82) is 0 Å². The molecule has 2 aliphatic heterocycles. The van der Waals surface area contributed by atoms with Crippen LogP contribution < -0.4 is 5.32 Å². The van der Waals surface area contributed by atoms with Crippen LogP contribution in [0.5, 0.6) is 0 Å². The summed E-state index contributed by atoms with van der Waals surface area (Å²) in [5.41, 5.74) is 0. The van der Waals surface area contributed by atoms with E-state index in [1.807, 2.05) is 6.20 Å². The van der Waals surface area contributed by atoms with E-state index in [1.54, 1.807) is 7.11 Å². The van der Waals surface area contributed by atoms with E-state index in [-0.39, 0.29) is 0 Å². The van der Waals surface area contributed by atoms with Crippen LogP contribution in [0.3, 0.4) is 0 Å². The lowest BCUT2D eigenvalue weighted by Gasteiger charge is -2.45. The predicted octanol–water partition coefficient (Wildman–Crippen LogP) is 3.04. The van der Waals surface area contributed by atoms with Crippen LogP contribution in [0.2, 0.25) is 0 Å². The predicted molar refractivity (Wildman–Crippen MR) is 106 cm³/mol. The van der Waals surface area contributed by atoms with Gasteiger partial charge in [0.2, 0.25) is 5.88 Å². The topological polar surface area (TPSA) is 40.1 Å². The molecule has 0 aromatic rings. The number of hydrogen-bond donors (Lipinski definition) is 1. The SMILES string of the molecule is COC1=CNC(C2CC2)C(N2CCN(C[C@@H]3CCCC[C@H]3C)C(C)C2)=N1. The van der Waals surface area contributed by atoms with Crippen LogP contribution in [0.25, 0.3) is 0 Å². The number of ether oxygens (including phenoxy) is 1. The molecule has 4 atom stereocenters. The fraction of sp³-hybridized carbons (Fsp3) is 0.857. The second-order valence-corrected chi connectivity index (χ2v) is 8.95. The molecule has 2 aliphatic carbocycles. The van der Waals surface area contributed by atoms with Gasteiger partial charge in [0.25, 0.3) is 0 Å². The largest absolute Gasteiger partial charge is 0.480 e. The number of nitrogens with zero attached hydrogens (tertiary/aromatic N) is 3. The van der Waals surface area contributed by atoms with Gasteiger partial charge in [-0.15, -0.1) is 0 Å². The highest BCUT2D eigenvalue weighted by molar-refractivity contribution is 5.90. The van der Waals surface area contributed by atoms with Crippen LogP contribution in [0.4, 0.5) is 0 Å². The molecule has 2 saturated carbocycles. The Hall–Kier alpha value is -1.23. The molecule has 0 amide bonds. The molecule has 4 rings (SSSR count). The lowest BCUT2D eigenvalue weighted by molar-refractivity contribution is 0.0787. The molecule has 0 bridgehead atoms. The highest BCUT2D eigenvalue weighted by Gasteiger charge is 2.40. The van der Waals surface area contributed by atoms with Crippen LogP contribution in [-0.4, -0.2) is 61.0 Å². The van der Waals surface area contributed by atoms with Crippen LogP contribution in [0.1, 0.15) is 52.4 Å². The van der Waals surface area contributed by atoms with Gasteiger partial charge in [-0.2, -0.15) is 4.99 Å². The zero-order valence-electron chi connectivity index (χ0n) is 16.8. The van der Waals surface area contributed by atoms with E-state index in [4.69, 9.17) is 9.73 Å². The Balaban J connectivity index is 1.39. The van der Waals surface area contributed by atoms with Crippen molar-refractivity contribution in [2.75, 3.05) is 33.3 Å². The monoisotopic (exact) mass is 360 g/mol. The van der Waals surface area contributed by atoms with Crippen molar-refractivity contribution >= 4 is 5.84 Å². The molecule has 0 aromatic carbocycles. The summed E-state index contributed by atoms with van der Waals surface area (Å²) in [4.78, 5) is 10.1.